The molecule has 6 heteroatoms. The van der Waals surface area contributed by atoms with Crippen molar-refractivity contribution >= 4 is 16.0 Å². The van der Waals surface area contributed by atoms with Gasteiger partial charge in [0.05, 0.1) is 5.75 Å². The van der Waals surface area contributed by atoms with Crippen molar-refractivity contribution in [1.82, 2.24) is 4.31 Å². The molecule has 5 nitrogen and oxygen atoms in total. The van der Waals surface area contributed by atoms with Crippen LogP contribution in [-0.4, -0.2) is 42.1 Å². The van der Waals surface area contributed by atoms with Gasteiger partial charge in [-0.15, -0.1) is 0 Å². The zero-order chi connectivity index (χ0) is 15.7. The molecule has 2 aliphatic rings. The summed E-state index contributed by atoms with van der Waals surface area (Å²) in [6, 6.07) is 7.36. The number of hydrogen-bond acceptors (Lipinski definition) is 3. The van der Waals surface area contributed by atoms with Crippen LogP contribution in [0.5, 0.6) is 0 Å². The number of sulfonamides is 1. The van der Waals surface area contributed by atoms with Crippen LogP contribution < -0.4 is 0 Å². The minimum Gasteiger partial charge on any atom is -0.480 e. The molecule has 0 aromatic heterocycles. The van der Waals surface area contributed by atoms with Crippen molar-refractivity contribution in [3.63, 3.8) is 0 Å². The van der Waals surface area contributed by atoms with E-state index < -0.39 is 22.0 Å². The second-order valence-corrected chi connectivity index (χ2v) is 8.30. The van der Waals surface area contributed by atoms with Gasteiger partial charge in [0.25, 0.3) is 0 Å². The summed E-state index contributed by atoms with van der Waals surface area (Å²) in [7, 11) is -3.48. The predicted molar refractivity (Wildman–Crippen MR) is 83.1 cm³/mol. The number of carboxylic acids is 1. The molecule has 1 aliphatic carbocycles. The molecule has 1 heterocycles. The van der Waals surface area contributed by atoms with Crippen molar-refractivity contribution < 1.29 is 18.3 Å². The van der Waals surface area contributed by atoms with Crippen molar-refractivity contribution in [3.05, 3.63) is 35.4 Å². The van der Waals surface area contributed by atoms with E-state index in [0.717, 1.165) is 12.8 Å². The van der Waals surface area contributed by atoms with E-state index >= 15 is 0 Å². The minimum absolute atomic E-state index is 0.0510. The van der Waals surface area contributed by atoms with Gasteiger partial charge < -0.3 is 5.11 Å². The lowest BCUT2D eigenvalue weighted by Gasteiger charge is -2.21. The third-order valence-corrected chi connectivity index (χ3v) is 6.67. The monoisotopic (exact) mass is 323 g/mol. The molecule has 0 radical (unpaired) electrons. The largest absolute Gasteiger partial charge is 0.480 e. The molecule has 1 atom stereocenters. The number of benzene rings is 1. The third-order valence-electron chi connectivity index (χ3n) is 4.77. The second kappa shape index (κ2) is 6.01. The summed E-state index contributed by atoms with van der Waals surface area (Å²) >= 11 is 0. The maximum Gasteiger partial charge on any atom is 0.322 e. The number of fused-ring (bicyclic) bond motifs is 1. The van der Waals surface area contributed by atoms with Crippen LogP contribution in [0.4, 0.5) is 0 Å². The SMILES string of the molecule is O=C(O)[C@@H]1CCCN1S(=O)(=O)CCC1Cc2ccccc2C1. The highest BCUT2D eigenvalue weighted by molar-refractivity contribution is 7.89. The van der Waals surface area contributed by atoms with Gasteiger partial charge in [0.1, 0.15) is 6.04 Å². The van der Waals surface area contributed by atoms with Gasteiger partial charge in [0.15, 0.2) is 0 Å². The van der Waals surface area contributed by atoms with Crippen molar-refractivity contribution in [1.29, 1.82) is 0 Å². The van der Waals surface area contributed by atoms with Gasteiger partial charge in [-0.25, -0.2) is 8.42 Å². The number of hydrogen-bond donors (Lipinski definition) is 1. The van der Waals surface area contributed by atoms with E-state index in [0.29, 0.717) is 31.7 Å². The summed E-state index contributed by atoms with van der Waals surface area (Å²) in [4.78, 5) is 11.2. The number of rotatable bonds is 5. The van der Waals surface area contributed by atoms with Gasteiger partial charge in [0.2, 0.25) is 10.0 Å². The van der Waals surface area contributed by atoms with Gasteiger partial charge in [-0.05, 0) is 49.1 Å². The van der Waals surface area contributed by atoms with Crippen molar-refractivity contribution in [2.45, 2.75) is 38.1 Å². The number of nitrogens with zero attached hydrogens (tertiary/aromatic N) is 1. The average molecular weight is 323 g/mol. The molecule has 1 aliphatic heterocycles. The summed E-state index contributed by atoms with van der Waals surface area (Å²) < 4.78 is 26.1. The predicted octanol–water partition coefficient (Wildman–Crippen LogP) is 1.67. The Morgan fingerprint density at radius 1 is 1.23 bits per heavy atom. The van der Waals surface area contributed by atoms with Crippen LogP contribution in [0.15, 0.2) is 24.3 Å². The van der Waals surface area contributed by atoms with Crippen molar-refractivity contribution in [2.75, 3.05) is 12.3 Å². The lowest BCUT2D eigenvalue weighted by molar-refractivity contribution is -0.140. The molecule has 3 rings (SSSR count). The number of carbonyl (C=O) groups is 1. The molecule has 1 N–H and O–H groups in total. The van der Waals surface area contributed by atoms with Crippen LogP contribution in [-0.2, 0) is 27.7 Å². The Morgan fingerprint density at radius 2 is 1.86 bits per heavy atom. The van der Waals surface area contributed by atoms with Gasteiger partial charge >= 0.3 is 5.97 Å². The molecule has 1 aromatic rings. The van der Waals surface area contributed by atoms with E-state index in [2.05, 4.69) is 12.1 Å². The highest BCUT2D eigenvalue weighted by atomic mass is 32.2. The molecular weight excluding hydrogens is 302 g/mol. The first-order valence-electron chi connectivity index (χ1n) is 7.76. The number of aliphatic carboxylic acids is 1. The summed E-state index contributed by atoms with van der Waals surface area (Å²) in [5.74, 6) is -0.637. The lowest BCUT2D eigenvalue weighted by Crippen LogP contribution is -2.41. The van der Waals surface area contributed by atoms with E-state index in [1.807, 2.05) is 12.1 Å². The highest BCUT2D eigenvalue weighted by Crippen LogP contribution is 2.30. The smallest absolute Gasteiger partial charge is 0.322 e. The van der Waals surface area contributed by atoms with E-state index in [9.17, 15) is 13.2 Å². The fraction of sp³-hybridized carbons (Fsp3) is 0.562. The topological polar surface area (TPSA) is 74.7 Å². The zero-order valence-electron chi connectivity index (χ0n) is 12.4. The van der Waals surface area contributed by atoms with Crippen molar-refractivity contribution in [2.24, 2.45) is 5.92 Å². The van der Waals surface area contributed by atoms with Crippen LogP contribution in [0.25, 0.3) is 0 Å². The molecule has 0 unspecified atom stereocenters. The Kier molecular flexibility index (Phi) is 4.23. The Morgan fingerprint density at radius 3 is 2.45 bits per heavy atom. The first-order chi connectivity index (χ1) is 10.5. The van der Waals surface area contributed by atoms with E-state index in [-0.39, 0.29) is 5.75 Å². The molecule has 22 heavy (non-hydrogen) atoms. The maximum absolute atomic E-state index is 12.4. The standard InChI is InChI=1S/C16H21NO4S/c18-16(19)15-6-3-8-17(15)22(20,21)9-7-12-10-13-4-1-2-5-14(13)11-12/h1-2,4-5,12,15H,3,6-11H2,(H,18,19)/t15-/m0/s1. The summed E-state index contributed by atoms with van der Waals surface area (Å²) in [5.41, 5.74) is 2.63. The molecule has 1 saturated heterocycles. The molecule has 120 valence electrons. The molecule has 0 amide bonds. The summed E-state index contributed by atoms with van der Waals surface area (Å²) in [6.07, 6.45) is 3.50. The first kappa shape index (κ1) is 15.5. The average Bonchev–Trinajstić information content (AvgIpc) is 3.11. The highest BCUT2D eigenvalue weighted by Gasteiger charge is 2.38. The van der Waals surface area contributed by atoms with Crippen molar-refractivity contribution in [3.8, 4) is 0 Å². The Hall–Kier alpha value is -1.40. The first-order valence-corrected chi connectivity index (χ1v) is 9.37. The Labute approximate surface area is 131 Å². The van der Waals surface area contributed by atoms with Gasteiger partial charge in [-0.1, -0.05) is 24.3 Å². The van der Waals surface area contributed by atoms with Crippen LogP contribution in [0.3, 0.4) is 0 Å². The fourth-order valence-corrected chi connectivity index (χ4v) is 5.46. The quantitative estimate of drug-likeness (QED) is 0.894. The van der Waals surface area contributed by atoms with Crippen LogP contribution in [0.2, 0.25) is 0 Å². The van der Waals surface area contributed by atoms with Crippen LogP contribution in [0.1, 0.15) is 30.4 Å². The van der Waals surface area contributed by atoms with Gasteiger partial charge in [0, 0.05) is 6.54 Å². The van der Waals surface area contributed by atoms with E-state index in [1.54, 1.807) is 0 Å². The molecule has 1 fully saturated rings. The summed E-state index contributed by atoms with van der Waals surface area (Å²) in [6.45, 7) is 0.337. The zero-order valence-corrected chi connectivity index (χ0v) is 13.3. The van der Waals surface area contributed by atoms with Gasteiger partial charge in [-0.2, -0.15) is 4.31 Å². The number of carboxylic acid groups (broad SMARTS) is 1. The summed E-state index contributed by atoms with van der Waals surface area (Å²) in [5, 5.41) is 9.14. The van der Waals surface area contributed by atoms with E-state index in [1.165, 1.54) is 15.4 Å². The van der Waals surface area contributed by atoms with Gasteiger partial charge in [-0.3, -0.25) is 4.79 Å². The molecule has 0 bridgehead atoms. The molecule has 0 saturated carbocycles. The molecule has 1 aromatic carbocycles. The van der Waals surface area contributed by atoms with Crippen LogP contribution >= 0.6 is 0 Å². The normalized spacial score (nSPS) is 22.8. The Balaban J connectivity index is 1.61. The second-order valence-electron chi connectivity index (χ2n) is 6.25. The molecule has 0 spiro atoms. The Bertz CT molecular complexity index is 645. The third kappa shape index (κ3) is 3.03. The molecular formula is C16H21NO4S. The minimum atomic E-state index is -3.48. The fourth-order valence-electron chi connectivity index (χ4n) is 3.61. The van der Waals surface area contributed by atoms with E-state index in [4.69, 9.17) is 5.11 Å². The lowest BCUT2D eigenvalue weighted by atomic mass is 10.0. The van der Waals surface area contributed by atoms with Crippen LogP contribution in [0, 0.1) is 5.92 Å². The maximum atomic E-state index is 12.4.